The molecule has 0 bridgehead atoms. The van der Waals surface area contributed by atoms with Crippen molar-refractivity contribution in [2.45, 2.75) is 25.5 Å². The van der Waals surface area contributed by atoms with Gasteiger partial charge in [-0.25, -0.2) is 0 Å². The van der Waals surface area contributed by atoms with Gasteiger partial charge in [0.2, 0.25) is 0 Å². The maximum absolute atomic E-state index is 5.60. The van der Waals surface area contributed by atoms with Crippen LogP contribution in [0.3, 0.4) is 0 Å². The molecule has 4 nitrogen and oxygen atoms in total. The van der Waals surface area contributed by atoms with Crippen molar-refractivity contribution in [3.8, 4) is 0 Å². The second-order valence-electron chi connectivity index (χ2n) is 3.74. The average Bonchev–Trinajstić information content (AvgIpc) is 2.26. The summed E-state index contributed by atoms with van der Waals surface area (Å²) in [6.45, 7) is 6.34. The summed E-state index contributed by atoms with van der Waals surface area (Å²) in [5.74, 6) is 0. The molecule has 0 amide bonds. The molecular formula is C10H22N2O2. The van der Waals surface area contributed by atoms with Gasteiger partial charge in [-0.1, -0.05) is 6.92 Å². The zero-order valence-electron chi connectivity index (χ0n) is 9.24. The van der Waals surface area contributed by atoms with Crippen molar-refractivity contribution in [3.05, 3.63) is 0 Å². The van der Waals surface area contributed by atoms with E-state index in [-0.39, 0.29) is 6.10 Å². The number of hydrogen-bond donors (Lipinski definition) is 1. The van der Waals surface area contributed by atoms with Gasteiger partial charge in [0.1, 0.15) is 0 Å². The van der Waals surface area contributed by atoms with Crippen LogP contribution in [0.4, 0.5) is 0 Å². The van der Waals surface area contributed by atoms with E-state index in [1.54, 1.807) is 7.11 Å². The second kappa shape index (κ2) is 6.35. The molecule has 1 heterocycles. The van der Waals surface area contributed by atoms with Crippen LogP contribution in [-0.4, -0.2) is 57.0 Å². The molecule has 4 heteroatoms. The first-order valence-corrected chi connectivity index (χ1v) is 5.36. The molecule has 0 aromatic rings. The van der Waals surface area contributed by atoms with E-state index < -0.39 is 0 Å². The predicted molar refractivity (Wildman–Crippen MR) is 56.3 cm³/mol. The SMILES string of the molecule is CCC(COC)N1CCOC(CN)C1. The van der Waals surface area contributed by atoms with Crippen LogP contribution >= 0.6 is 0 Å². The summed E-state index contributed by atoms with van der Waals surface area (Å²) in [7, 11) is 1.75. The smallest absolute Gasteiger partial charge is 0.0824 e. The Bertz CT molecular complexity index is 155. The lowest BCUT2D eigenvalue weighted by molar-refractivity contribution is -0.0498. The molecule has 2 unspecified atom stereocenters. The summed E-state index contributed by atoms with van der Waals surface area (Å²) in [6.07, 6.45) is 1.32. The monoisotopic (exact) mass is 202 g/mol. The van der Waals surface area contributed by atoms with Crippen molar-refractivity contribution in [2.75, 3.05) is 40.0 Å². The fourth-order valence-corrected chi connectivity index (χ4v) is 1.89. The third-order valence-electron chi connectivity index (χ3n) is 2.78. The number of nitrogens with zero attached hydrogens (tertiary/aromatic N) is 1. The van der Waals surface area contributed by atoms with Gasteiger partial charge < -0.3 is 15.2 Å². The van der Waals surface area contributed by atoms with Crippen molar-refractivity contribution in [2.24, 2.45) is 5.73 Å². The molecule has 1 aliphatic heterocycles. The summed E-state index contributed by atoms with van der Waals surface area (Å²) >= 11 is 0. The molecule has 0 saturated carbocycles. The Morgan fingerprint density at radius 2 is 2.43 bits per heavy atom. The Morgan fingerprint density at radius 3 is 3.00 bits per heavy atom. The minimum absolute atomic E-state index is 0.203. The Labute approximate surface area is 86.3 Å². The zero-order valence-corrected chi connectivity index (χ0v) is 9.24. The lowest BCUT2D eigenvalue weighted by Crippen LogP contribution is -2.51. The molecule has 0 aliphatic carbocycles. The molecule has 0 radical (unpaired) electrons. The third kappa shape index (κ3) is 3.20. The lowest BCUT2D eigenvalue weighted by atomic mass is 10.1. The summed E-state index contributed by atoms with van der Waals surface area (Å²) in [4.78, 5) is 2.42. The van der Waals surface area contributed by atoms with Gasteiger partial charge in [-0.3, -0.25) is 4.90 Å². The van der Waals surface area contributed by atoms with Crippen molar-refractivity contribution < 1.29 is 9.47 Å². The van der Waals surface area contributed by atoms with E-state index in [2.05, 4.69) is 11.8 Å². The molecule has 14 heavy (non-hydrogen) atoms. The molecule has 1 rings (SSSR count). The van der Waals surface area contributed by atoms with Crippen molar-refractivity contribution in [1.82, 2.24) is 4.90 Å². The molecule has 84 valence electrons. The zero-order chi connectivity index (χ0) is 10.4. The molecule has 0 aromatic heterocycles. The largest absolute Gasteiger partial charge is 0.383 e. The molecule has 1 fully saturated rings. The van der Waals surface area contributed by atoms with Crippen LogP contribution in [0.2, 0.25) is 0 Å². The number of nitrogens with two attached hydrogens (primary N) is 1. The van der Waals surface area contributed by atoms with Crippen LogP contribution in [0.25, 0.3) is 0 Å². The first-order chi connectivity index (χ1) is 6.81. The molecule has 2 N–H and O–H groups in total. The van der Waals surface area contributed by atoms with E-state index >= 15 is 0 Å². The van der Waals surface area contributed by atoms with Crippen LogP contribution in [0.1, 0.15) is 13.3 Å². The Kier molecular flexibility index (Phi) is 5.40. The minimum Gasteiger partial charge on any atom is -0.383 e. The number of methoxy groups -OCH3 is 1. The van der Waals surface area contributed by atoms with Gasteiger partial charge >= 0.3 is 0 Å². The van der Waals surface area contributed by atoms with Gasteiger partial charge in [0, 0.05) is 32.8 Å². The van der Waals surface area contributed by atoms with Gasteiger partial charge in [-0.05, 0) is 6.42 Å². The van der Waals surface area contributed by atoms with E-state index in [4.69, 9.17) is 15.2 Å². The van der Waals surface area contributed by atoms with Crippen molar-refractivity contribution in [1.29, 1.82) is 0 Å². The Morgan fingerprint density at radius 1 is 1.64 bits per heavy atom. The highest BCUT2D eigenvalue weighted by molar-refractivity contribution is 4.77. The maximum Gasteiger partial charge on any atom is 0.0824 e. The van der Waals surface area contributed by atoms with Crippen molar-refractivity contribution in [3.63, 3.8) is 0 Å². The first kappa shape index (κ1) is 11.9. The normalized spacial score (nSPS) is 26.4. The quantitative estimate of drug-likeness (QED) is 0.685. The number of rotatable bonds is 5. The summed E-state index contributed by atoms with van der Waals surface area (Å²) in [5, 5.41) is 0. The molecule has 2 atom stereocenters. The van der Waals surface area contributed by atoms with Crippen LogP contribution < -0.4 is 5.73 Å². The standard InChI is InChI=1S/C10H22N2O2/c1-3-9(8-13-2)12-4-5-14-10(6-11)7-12/h9-10H,3-8,11H2,1-2H3. The summed E-state index contributed by atoms with van der Waals surface area (Å²) in [5.41, 5.74) is 5.60. The second-order valence-corrected chi connectivity index (χ2v) is 3.74. The van der Waals surface area contributed by atoms with Crippen molar-refractivity contribution >= 4 is 0 Å². The van der Waals surface area contributed by atoms with Crippen LogP contribution in [0.15, 0.2) is 0 Å². The van der Waals surface area contributed by atoms with Gasteiger partial charge in [0.05, 0.1) is 19.3 Å². The third-order valence-corrected chi connectivity index (χ3v) is 2.78. The molecule has 1 saturated heterocycles. The van der Waals surface area contributed by atoms with Gasteiger partial charge in [-0.2, -0.15) is 0 Å². The number of ether oxygens (including phenoxy) is 2. The van der Waals surface area contributed by atoms with E-state index in [0.29, 0.717) is 12.6 Å². The fourth-order valence-electron chi connectivity index (χ4n) is 1.89. The highest BCUT2D eigenvalue weighted by atomic mass is 16.5. The van der Waals surface area contributed by atoms with Gasteiger partial charge in [-0.15, -0.1) is 0 Å². The maximum atomic E-state index is 5.60. The fraction of sp³-hybridized carbons (Fsp3) is 1.00. The van der Waals surface area contributed by atoms with Gasteiger partial charge in [0.15, 0.2) is 0 Å². The Hall–Kier alpha value is -0.160. The highest BCUT2D eigenvalue weighted by Gasteiger charge is 2.24. The van der Waals surface area contributed by atoms with E-state index in [1.807, 2.05) is 0 Å². The molecule has 1 aliphatic rings. The van der Waals surface area contributed by atoms with E-state index in [0.717, 1.165) is 32.7 Å². The van der Waals surface area contributed by atoms with E-state index in [1.165, 1.54) is 0 Å². The predicted octanol–water partition coefficient (Wildman–Crippen LogP) is 0.0709. The topological polar surface area (TPSA) is 47.7 Å². The van der Waals surface area contributed by atoms with Crippen LogP contribution in [0, 0.1) is 0 Å². The Balaban J connectivity index is 2.40. The summed E-state index contributed by atoms with van der Waals surface area (Å²) in [6, 6.07) is 0.512. The molecular weight excluding hydrogens is 180 g/mol. The van der Waals surface area contributed by atoms with Gasteiger partial charge in [0.25, 0.3) is 0 Å². The highest BCUT2D eigenvalue weighted by Crippen LogP contribution is 2.11. The number of hydrogen-bond acceptors (Lipinski definition) is 4. The van der Waals surface area contributed by atoms with Crippen LogP contribution in [-0.2, 0) is 9.47 Å². The lowest BCUT2D eigenvalue weighted by Gasteiger charge is -2.37. The molecule has 0 aromatic carbocycles. The first-order valence-electron chi connectivity index (χ1n) is 5.36. The van der Waals surface area contributed by atoms with Crippen LogP contribution in [0.5, 0.6) is 0 Å². The molecule has 0 spiro atoms. The number of morpholine rings is 1. The van der Waals surface area contributed by atoms with E-state index in [9.17, 15) is 0 Å². The minimum atomic E-state index is 0.203. The summed E-state index contributed by atoms with van der Waals surface area (Å²) < 4.78 is 10.7. The average molecular weight is 202 g/mol.